The predicted molar refractivity (Wildman–Crippen MR) is 157 cm³/mol. The molecule has 0 fully saturated rings. The van der Waals surface area contributed by atoms with Crippen molar-refractivity contribution in [3.63, 3.8) is 0 Å². The molecule has 0 unspecified atom stereocenters. The first-order valence-corrected chi connectivity index (χ1v) is 16.0. The number of fused-ring (bicyclic) bond motifs is 1. The third-order valence-electron chi connectivity index (χ3n) is 6.08. The van der Waals surface area contributed by atoms with E-state index in [4.69, 9.17) is 0 Å². The van der Waals surface area contributed by atoms with Gasteiger partial charge in [-0.2, -0.15) is 13.5 Å². The number of rotatable bonds is 7. The predicted octanol–water partition coefficient (Wildman–Crippen LogP) is 9.01. The molecular formula is C25H26N4O9S3. The zero-order valence-electron chi connectivity index (χ0n) is 21.7. The highest BCUT2D eigenvalue weighted by Gasteiger charge is 2.28. The van der Waals surface area contributed by atoms with E-state index < -0.39 is 41.7 Å². The van der Waals surface area contributed by atoms with Crippen molar-refractivity contribution in [3.05, 3.63) is 77.4 Å². The molecule has 0 atom stereocenters. The molecule has 13 nitrogen and oxygen atoms in total. The molecule has 0 heterocycles. The van der Waals surface area contributed by atoms with Crippen molar-refractivity contribution in [2.24, 2.45) is 20.5 Å². The van der Waals surface area contributed by atoms with Crippen molar-refractivity contribution in [2.45, 2.75) is 35.5 Å². The molecule has 4 rings (SSSR count). The van der Waals surface area contributed by atoms with Gasteiger partial charge in [-0.25, -0.2) is 0 Å². The van der Waals surface area contributed by atoms with Crippen LogP contribution in [0.2, 0.25) is 0 Å². The molecule has 41 heavy (non-hydrogen) atoms. The van der Waals surface area contributed by atoms with Crippen molar-refractivity contribution < 1.29 is 40.3 Å². The number of azo groups is 2. The Morgan fingerprint density at radius 3 is 1.66 bits per heavy atom. The minimum absolute atomic E-state index is 0.0924. The summed E-state index contributed by atoms with van der Waals surface area (Å²) in [6.07, 6.45) is 0. The van der Waals surface area contributed by atoms with Crippen LogP contribution >= 0.6 is 21.7 Å². The number of benzene rings is 4. The van der Waals surface area contributed by atoms with Gasteiger partial charge < -0.3 is 27.3 Å². The third-order valence-corrected chi connectivity index (χ3v) is 8.78. The van der Waals surface area contributed by atoms with Crippen molar-refractivity contribution in [3.8, 4) is 0 Å². The van der Waals surface area contributed by atoms with Crippen LogP contribution in [-0.4, -0.2) is 40.3 Å². The summed E-state index contributed by atoms with van der Waals surface area (Å²) in [5, 5.41) is 16.6. The fourth-order valence-corrected chi connectivity index (χ4v) is 6.28. The Balaban J connectivity index is 2.01. The van der Waals surface area contributed by atoms with Crippen LogP contribution in [-0.2, 0) is 10.1 Å². The average molecular weight is 623 g/mol. The summed E-state index contributed by atoms with van der Waals surface area (Å²) in [6, 6.07) is 14.5. The SMILES string of the molecule is Cc1ccc(N=Nc2c(S(=O)(=O)O)cc3cc(S(O)(O)O)c(N=Nc4ccccc4S(O)(O)O)c(C)c3c2C)cc1. The topological polar surface area (TPSA) is 225 Å². The molecule has 4 aromatic carbocycles. The fraction of sp³-hybridized carbons (Fsp3) is 0.120. The van der Waals surface area contributed by atoms with Crippen molar-refractivity contribution in [1.82, 2.24) is 0 Å². The van der Waals surface area contributed by atoms with Crippen LogP contribution < -0.4 is 0 Å². The highest BCUT2D eigenvalue weighted by molar-refractivity contribution is 8.19. The standard InChI is InChI=1S/C25H26N4O9S3/c1-14-8-10-18(11-9-14)26-28-24-15(2)23-16(3)25(29-27-19-6-4-5-7-20(19)39(30,31)32)22(41(36,37)38)13-17(23)12-21(24)40(33,34)35/h4-13,30-32,36-38H,1-3H3,(H,33,34,35). The second-order valence-corrected chi connectivity index (χ2v) is 13.4. The summed E-state index contributed by atoms with van der Waals surface area (Å²) in [5.74, 6) is 0. The Labute approximate surface area is 238 Å². The molecule has 0 aliphatic carbocycles. The maximum Gasteiger partial charge on any atom is 0.296 e. The molecule has 0 saturated carbocycles. The van der Waals surface area contributed by atoms with Gasteiger partial charge in [0.2, 0.25) is 0 Å². The second kappa shape index (κ2) is 11.2. The van der Waals surface area contributed by atoms with Crippen molar-refractivity contribution in [2.75, 3.05) is 0 Å². The van der Waals surface area contributed by atoms with E-state index in [1.54, 1.807) is 24.3 Å². The van der Waals surface area contributed by atoms with E-state index in [9.17, 15) is 40.3 Å². The van der Waals surface area contributed by atoms with E-state index in [0.717, 1.165) is 17.7 Å². The number of aryl methyl sites for hydroxylation is 3. The highest BCUT2D eigenvalue weighted by Crippen LogP contribution is 2.54. The molecule has 7 N–H and O–H groups in total. The molecular weight excluding hydrogens is 596 g/mol. The third kappa shape index (κ3) is 6.62. The summed E-state index contributed by atoms with van der Waals surface area (Å²) in [7, 11) is -13.5. The molecule has 0 radical (unpaired) electrons. The van der Waals surface area contributed by atoms with Gasteiger partial charge in [-0.15, -0.1) is 15.3 Å². The maximum atomic E-state index is 12.3. The Hall–Kier alpha value is -3.29. The molecule has 218 valence electrons. The molecule has 0 aliphatic heterocycles. The van der Waals surface area contributed by atoms with Gasteiger partial charge in [0, 0.05) is 0 Å². The molecule has 0 saturated heterocycles. The number of nitrogens with zero attached hydrogens (tertiary/aromatic N) is 4. The van der Waals surface area contributed by atoms with Crippen molar-refractivity contribution in [1.29, 1.82) is 0 Å². The fourth-order valence-electron chi connectivity index (χ4n) is 4.17. The van der Waals surface area contributed by atoms with Gasteiger partial charge >= 0.3 is 0 Å². The molecule has 0 bridgehead atoms. The normalized spacial score (nSPS) is 13.9. The summed E-state index contributed by atoms with van der Waals surface area (Å²) in [6.45, 7) is 4.89. The van der Waals surface area contributed by atoms with E-state index in [1.165, 1.54) is 38.1 Å². The molecule has 0 amide bonds. The van der Waals surface area contributed by atoms with Gasteiger partial charge in [-0.1, -0.05) is 29.8 Å². The Morgan fingerprint density at radius 1 is 0.585 bits per heavy atom. The lowest BCUT2D eigenvalue weighted by atomic mass is 9.98. The van der Waals surface area contributed by atoms with Crippen LogP contribution in [0.25, 0.3) is 10.8 Å². The molecule has 4 aromatic rings. The molecule has 0 aromatic heterocycles. The lowest BCUT2D eigenvalue weighted by Gasteiger charge is -2.24. The van der Waals surface area contributed by atoms with E-state index >= 15 is 0 Å². The van der Waals surface area contributed by atoms with E-state index in [-0.39, 0.29) is 38.5 Å². The Kier molecular flexibility index (Phi) is 8.36. The smallest absolute Gasteiger partial charge is 0.296 e. The maximum absolute atomic E-state index is 12.3. The Bertz CT molecular complexity index is 1810. The van der Waals surface area contributed by atoms with Crippen LogP contribution in [0.1, 0.15) is 16.7 Å². The van der Waals surface area contributed by atoms with E-state index in [2.05, 4.69) is 20.5 Å². The van der Waals surface area contributed by atoms with Gasteiger partial charge in [-0.05, 0) is 79.1 Å². The first-order valence-electron chi connectivity index (χ1n) is 11.6. The summed E-state index contributed by atoms with van der Waals surface area (Å²) < 4.78 is 94.4. The van der Waals surface area contributed by atoms with Gasteiger partial charge in [0.15, 0.2) is 0 Å². The Morgan fingerprint density at radius 2 is 1.10 bits per heavy atom. The van der Waals surface area contributed by atoms with Crippen LogP contribution in [0.5, 0.6) is 0 Å². The average Bonchev–Trinajstić information content (AvgIpc) is 2.86. The molecule has 16 heteroatoms. The zero-order valence-corrected chi connectivity index (χ0v) is 24.2. The van der Waals surface area contributed by atoms with Gasteiger partial charge in [0.05, 0.1) is 15.5 Å². The lowest BCUT2D eigenvalue weighted by molar-refractivity contribution is 0.374. The zero-order chi connectivity index (χ0) is 30.3. The number of hydrogen-bond acceptors (Lipinski definition) is 12. The lowest BCUT2D eigenvalue weighted by Crippen LogP contribution is -2.03. The summed E-state index contributed by atoms with van der Waals surface area (Å²) in [5.41, 5.74) is 1.25. The van der Waals surface area contributed by atoms with Gasteiger partial charge in [-0.3, -0.25) is 4.55 Å². The van der Waals surface area contributed by atoms with Crippen LogP contribution in [0.3, 0.4) is 0 Å². The van der Waals surface area contributed by atoms with Crippen molar-refractivity contribution >= 4 is 65.4 Å². The second-order valence-electron chi connectivity index (χ2n) is 9.01. The van der Waals surface area contributed by atoms with E-state index in [1.807, 2.05) is 6.92 Å². The first kappa shape index (κ1) is 30.7. The minimum Gasteiger partial charge on any atom is -0.304 e. The van der Waals surface area contributed by atoms with Crippen LogP contribution in [0.4, 0.5) is 22.7 Å². The molecule has 0 spiro atoms. The summed E-state index contributed by atoms with van der Waals surface area (Å²) >= 11 is 0. The molecule has 0 aliphatic rings. The van der Waals surface area contributed by atoms with E-state index in [0.29, 0.717) is 11.1 Å². The highest BCUT2D eigenvalue weighted by atomic mass is 32.3. The quantitative estimate of drug-likeness (QED) is 0.0769. The van der Waals surface area contributed by atoms with Gasteiger partial charge in [0.25, 0.3) is 10.1 Å². The van der Waals surface area contributed by atoms with Crippen LogP contribution in [0, 0.1) is 20.8 Å². The summed E-state index contributed by atoms with van der Waals surface area (Å²) in [4.78, 5) is -1.46. The van der Waals surface area contributed by atoms with Crippen LogP contribution in [0.15, 0.2) is 95.8 Å². The monoisotopic (exact) mass is 622 g/mol. The van der Waals surface area contributed by atoms with Gasteiger partial charge in [0.1, 0.15) is 43.7 Å². The number of hydrogen-bond donors (Lipinski definition) is 7. The largest absolute Gasteiger partial charge is 0.304 e. The first-order chi connectivity index (χ1) is 19.0. The minimum atomic E-state index is -4.84.